The van der Waals surface area contributed by atoms with Gasteiger partial charge in [-0.05, 0) is 37.5 Å². The summed E-state index contributed by atoms with van der Waals surface area (Å²) in [6.07, 6.45) is 4.38. The number of amides is 4. The van der Waals surface area contributed by atoms with Crippen LogP contribution in [0.25, 0.3) is 0 Å². The zero-order valence-corrected chi connectivity index (χ0v) is 16.2. The van der Waals surface area contributed by atoms with Gasteiger partial charge in [0.15, 0.2) is 0 Å². The van der Waals surface area contributed by atoms with Crippen molar-refractivity contribution in [3.63, 3.8) is 0 Å². The predicted molar refractivity (Wildman–Crippen MR) is 100 cm³/mol. The first-order chi connectivity index (χ1) is 12.8. The molecule has 2 rings (SSSR count). The van der Waals surface area contributed by atoms with Crippen molar-refractivity contribution in [3.8, 4) is 0 Å². The van der Waals surface area contributed by atoms with Crippen molar-refractivity contribution in [3.05, 3.63) is 35.6 Å². The summed E-state index contributed by atoms with van der Waals surface area (Å²) in [6.45, 7) is 5.46. The van der Waals surface area contributed by atoms with Crippen LogP contribution in [0.4, 0.5) is 9.18 Å². The summed E-state index contributed by atoms with van der Waals surface area (Å²) in [4.78, 5) is 38.5. The Labute approximate surface area is 159 Å². The normalized spacial score (nSPS) is 20.5. The van der Waals surface area contributed by atoms with Crippen molar-refractivity contribution < 1.29 is 18.8 Å². The van der Waals surface area contributed by atoms with E-state index in [4.69, 9.17) is 0 Å². The molecular formula is C20H28FN3O3. The van der Waals surface area contributed by atoms with E-state index in [9.17, 15) is 18.8 Å². The Morgan fingerprint density at radius 1 is 1.22 bits per heavy atom. The number of halogens is 1. The van der Waals surface area contributed by atoms with Crippen molar-refractivity contribution in [2.45, 2.75) is 64.5 Å². The smallest absolute Gasteiger partial charge is 0.325 e. The van der Waals surface area contributed by atoms with Gasteiger partial charge in [-0.1, -0.05) is 45.2 Å². The highest BCUT2D eigenvalue weighted by Gasteiger charge is 2.51. The number of hydrogen-bond acceptors (Lipinski definition) is 3. The van der Waals surface area contributed by atoms with E-state index in [2.05, 4.69) is 17.6 Å². The Morgan fingerprint density at radius 3 is 2.48 bits per heavy atom. The highest BCUT2D eigenvalue weighted by atomic mass is 19.1. The third kappa shape index (κ3) is 4.64. The Morgan fingerprint density at radius 2 is 1.89 bits per heavy atom. The lowest BCUT2D eigenvalue weighted by molar-refractivity contribution is -0.135. The maximum atomic E-state index is 13.2. The molecule has 0 saturated carbocycles. The molecule has 6 nitrogen and oxygen atoms in total. The van der Waals surface area contributed by atoms with E-state index in [-0.39, 0.29) is 18.5 Å². The molecule has 0 radical (unpaired) electrons. The number of hydrogen-bond donors (Lipinski definition) is 2. The van der Waals surface area contributed by atoms with Crippen molar-refractivity contribution in [2.24, 2.45) is 0 Å². The van der Waals surface area contributed by atoms with Gasteiger partial charge in [-0.2, -0.15) is 0 Å². The number of nitrogens with one attached hydrogen (secondary N) is 2. The number of carbonyl (C=O) groups excluding carboxylic acids is 3. The second-order valence-corrected chi connectivity index (χ2v) is 7.05. The Balaban J connectivity index is 2.06. The fraction of sp³-hybridized carbons (Fsp3) is 0.550. The minimum atomic E-state index is -1.27. The molecule has 2 atom stereocenters. The highest BCUT2D eigenvalue weighted by Crippen LogP contribution is 2.32. The first-order valence-electron chi connectivity index (χ1n) is 9.53. The molecule has 1 aliphatic rings. The van der Waals surface area contributed by atoms with Crippen LogP contribution >= 0.6 is 0 Å². The Hall–Kier alpha value is -2.44. The fourth-order valence-corrected chi connectivity index (χ4v) is 3.38. The van der Waals surface area contributed by atoms with Gasteiger partial charge < -0.3 is 10.6 Å². The number of imide groups is 1. The van der Waals surface area contributed by atoms with Gasteiger partial charge >= 0.3 is 6.03 Å². The maximum absolute atomic E-state index is 13.2. The standard InChI is InChI=1S/C20H28FN3O3/c1-4-6-7-8-14(3)22-17(25)13-24-18(26)20(5-2,23-19(24)27)15-9-11-16(21)12-10-15/h9-12,14H,4-8,13H2,1-3H3,(H,22,25)(H,23,27)/t14-,20-/m0/s1. The molecule has 0 aromatic heterocycles. The van der Waals surface area contributed by atoms with Crippen LogP contribution in [-0.4, -0.2) is 35.3 Å². The van der Waals surface area contributed by atoms with E-state index in [1.807, 2.05) is 6.92 Å². The van der Waals surface area contributed by atoms with Gasteiger partial charge in [-0.15, -0.1) is 0 Å². The third-order valence-electron chi connectivity index (χ3n) is 4.99. The molecule has 0 unspecified atom stereocenters. The van der Waals surface area contributed by atoms with Crippen molar-refractivity contribution in [2.75, 3.05) is 6.54 Å². The average molecular weight is 377 g/mol. The van der Waals surface area contributed by atoms with E-state index in [1.54, 1.807) is 6.92 Å². The zero-order chi connectivity index (χ0) is 20.0. The van der Waals surface area contributed by atoms with Crippen LogP contribution in [0, 0.1) is 5.82 Å². The van der Waals surface area contributed by atoms with E-state index < -0.39 is 23.3 Å². The molecule has 0 spiro atoms. The summed E-state index contributed by atoms with van der Waals surface area (Å²) in [7, 11) is 0. The van der Waals surface area contributed by atoms with Crippen molar-refractivity contribution in [1.82, 2.24) is 15.5 Å². The zero-order valence-electron chi connectivity index (χ0n) is 16.2. The quantitative estimate of drug-likeness (QED) is 0.513. The molecule has 4 amide bonds. The SMILES string of the molecule is CCCCC[C@H](C)NC(=O)CN1C(=O)N[C@@](CC)(c2ccc(F)cc2)C1=O. The summed E-state index contributed by atoms with van der Waals surface area (Å²) in [5.41, 5.74) is -0.766. The molecule has 1 aromatic rings. The second-order valence-electron chi connectivity index (χ2n) is 7.05. The lowest BCUT2D eigenvalue weighted by Crippen LogP contribution is -2.45. The van der Waals surface area contributed by atoms with Crippen LogP contribution in [0.15, 0.2) is 24.3 Å². The van der Waals surface area contributed by atoms with Crippen molar-refractivity contribution >= 4 is 17.8 Å². The molecule has 2 N–H and O–H groups in total. The predicted octanol–water partition coefficient (Wildman–Crippen LogP) is 3.07. The monoisotopic (exact) mass is 377 g/mol. The molecular weight excluding hydrogens is 349 g/mol. The molecule has 148 valence electrons. The summed E-state index contributed by atoms with van der Waals surface area (Å²) in [5.74, 6) is -1.28. The fourth-order valence-electron chi connectivity index (χ4n) is 3.38. The third-order valence-corrected chi connectivity index (χ3v) is 4.99. The molecule has 0 bridgehead atoms. The minimum Gasteiger partial charge on any atom is -0.352 e. The number of benzene rings is 1. The van der Waals surface area contributed by atoms with E-state index in [0.29, 0.717) is 12.0 Å². The molecule has 7 heteroatoms. The first-order valence-corrected chi connectivity index (χ1v) is 9.53. The van der Waals surface area contributed by atoms with Gasteiger partial charge in [-0.3, -0.25) is 14.5 Å². The highest BCUT2D eigenvalue weighted by molar-refractivity contribution is 6.09. The summed E-state index contributed by atoms with van der Waals surface area (Å²) in [6, 6.07) is 4.84. The van der Waals surface area contributed by atoms with Crippen LogP contribution in [0.3, 0.4) is 0 Å². The lowest BCUT2D eigenvalue weighted by atomic mass is 9.87. The number of carbonyl (C=O) groups is 3. The molecule has 1 heterocycles. The molecule has 1 aliphatic heterocycles. The number of nitrogens with zero attached hydrogens (tertiary/aromatic N) is 1. The molecule has 1 saturated heterocycles. The van der Waals surface area contributed by atoms with E-state index in [0.717, 1.165) is 30.6 Å². The second kappa shape index (κ2) is 8.97. The van der Waals surface area contributed by atoms with E-state index in [1.165, 1.54) is 24.3 Å². The Kier molecular flexibility index (Phi) is 6.93. The van der Waals surface area contributed by atoms with Crippen molar-refractivity contribution in [1.29, 1.82) is 0 Å². The number of unbranched alkanes of at least 4 members (excludes halogenated alkanes) is 2. The molecule has 27 heavy (non-hydrogen) atoms. The summed E-state index contributed by atoms with van der Waals surface area (Å²) >= 11 is 0. The van der Waals surface area contributed by atoms with Gasteiger partial charge in [0.25, 0.3) is 5.91 Å². The minimum absolute atomic E-state index is 0.0159. The Bertz CT molecular complexity index is 692. The topological polar surface area (TPSA) is 78.5 Å². The molecule has 1 fully saturated rings. The van der Waals surface area contributed by atoms with Gasteiger partial charge in [0.05, 0.1) is 0 Å². The molecule has 0 aliphatic carbocycles. The summed E-state index contributed by atoms with van der Waals surface area (Å²) in [5, 5.41) is 5.53. The summed E-state index contributed by atoms with van der Waals surface area (Å²) < 4.78 is 13.2. The van der Waals surface area contributed by atoms with Crippen LogP contribution in [0.2, 0.25) is 0 Å². The number of urea groups is 1. The van der Waals surface area contributed by atoms with Crippen LogP contribution in [-0.2, 0) is 15.1 Å². The van der Waals surface area contributed by atoms with Crippen LogP contribution < -0.4 is 10.6 Å². The van der Waals surface area contributed by atoms with Gasteiger partial charge in [-0.25, -0.2) is 9.18 Å². The lowest BCUT2D eigenvalue weighted by Gasteiger charge is -2.25. The first kappa shape index (κ1) is 20.9. The van der Waals surface area contributed by atoms with Crippen LogP contribution in [0.1, 0.15) is 58.4 Å². The van der Waals surface area contributed by atoms with Gasteiger partial charge in [0, 0.05) is 6.04 Å². The van der Waals surface area contributed by atoms with Gasteiger partial charge in [0.2, 0.25) is 5.91 Å². The molecule has 1 aromatic carbocycles. The van der Waals surface area contributed by atoms with Crippen LogP contribution in [0.5, 0.6) is 0 Å². The van der Waals surface area contributed by atoms with E-state index >= 15 is 0 Å². The van der Waals surface area contributed by atoms with Gasteiger partial charge in [0.1, 0.15) is 17.9 Å². The number of rotatable bonds is 9. The maximum Gasteiger partial charge on any atom is 0.325 e. The largest absolute Gasteiger partial charge is 0.352 e. The average Bonchev–Trinajstić information content (AvgIpc) is 2.87.